The molecule has 2 aromatic rings. The second-order valence-corrected chi connectivity index (χ2v) is 9.81. The maximum Gasteiger partial charge on any atom is 0.243 e. The van der Waals surface area contributed by atoms with Crippen molar-refractivity contribution in [2.75, 3.05) is 31.5 Å². The highest BCUT2D eigenvalue weighted by atomic mass is 35.5. The Morgan fingerprint density at radius 3 is 2.37 bits per heavy atom. The van der Waals surface area contributed by atoms with Crippen LogP contribution >= 0.6 is 11.6 Å². The largest absolute Gasteiger partial charge is 0.323 e. The number of carbonyl (C=O) groups is 1. The van der Waals surface area contributed by atoms with E-state index in [1.165, 1.54) is 16.4 Å². The number of sulfonamides is 1. The van der Waals surface area contributed by atoms with Crippen LogP contribution in [0.3, 0.4) is 0 Å². The van der Waals surface area contributed by atoms with Crippen LogP contribution in [0.5, 0.6) is 0 Å². The zero-order chi connectivity index (χ0) is 22.1. The predicted molar refractivity (Wildman–Crippen MR) is 116 cm³/mol. The van der Waals surface area contributed by atoms with E-state index in [0.717, 1.165) is 17.2 Å². The summed E-state index contributed by atoms with van der Waals surface area (Å²) in [6.07, 6.45) is 0. The second kappa shape index (κ2) is 9.01. The van der Waals surface area contributed by atoms with Gasteiger partial charge in [0.25, 0.3) is 0 Å². The smallest absolute Gasteiger partial charge is 0.243 e. The molecule has 6 nitrogen and oxygen atoms in total. The van der Waals surface area contributed by atoms with E-state index < -0.39 is 21.9 Å². The Labute approximate surface area is 181 Å². The van der Waals surface area contributed by atoms with E-state index in [4.69, 9.17) is 11.6 Å². The first-order valence-electron chi connectivity index (χ1n) is 9.67. The van der Waals surface area contributed by atoms with Crippen molar-refractivity contribution in [2.45, 2.75) is 31.7 Å². The lowest BCUT2D eigenvalue weighted by molar-refractivity contribution is -0.121. The van der Waals surface area contributed by atoms with Crippen LogP contribution in [0.15, 0.2) is 41.3 Å². The number of piperazine rings is 1. The third-order valence-electron chi connectivity index (χ3n) is 5.34. The Morgan fingerprint density at radius 1 is 1.10 bits per heavy atom. The number of aryl methyl sites for hydroxylation is 2. The van der Waals surface area contributed by atoms with Gasteiger partial charge in [-0.25, -0.2) is 12.8 Å². The van der Waals surface area contributed by atoms with E-state index in [0.29, 0.717) is 36.8 Å². The molecule has 30 heavy (non-hydrogen) atoms. The minimum absolute atomic E-state index is 0.125. The second-order valence-electron chi connectivity index (χ2n) is 7.50. The van der Waals surface area contributed by atoms with Gasteiger partial charge in [0.2, 0.25) is 15.9 Å². The average molecular weight is 454 g/mol. The van der Waals surface area contributed by atoms with E-state index in [1.807, 2.05) is 17.9 Å². The Bertz CT molecular complexity index is 1050. The zero-order valence-corrected chi connectivity index (χ0v) is 18.7. The summed E-state index contributed by atoms with van der Waals surface area (Å²) in [5.41, 5.74) is 2.07. The van der Waals surface area contributed by atoms with Crippen molar-refractivity contribution in [2.24, 2.45) is 0 Å². The summed E-state index contributed by atoms with van der Waals surface area (Å²) >= 11 is 5.97. The fraction of sp³-hybridized carbons (Fsp3) is 0.381. The molecule has 1 atom stereocenters. The molecule has 0 aliphatic carbocycles. The van der Waals surface area contributed by atoms with Gasteiger partial charge >= 0.3 is 0 Å². The van der Waals surface area contributed by atoms with Gasteiger partial charge in [-0.3, -0.25) is 9.69 Å². The maximum atomic E-state index is 13.2. The van der Waals surface area contributed by atoms with Crippen LogP contribution in [0.1, 0.15) is 18.1 Å². The third kappa shape index (κ3) is 4.83. The first kappa shape index (κ1) is 22.7. The summed E-state index contributed by atoms with van der Waals surface area (Å²) in [7, 11) is -3.58. The number of hydrogen-bond acceptors (Lipinski definition) is 4. The first-order valence-corrected chi connectivity index (χ1v) is 11.5. The van der Waals surface area contributed by atoms with Crippen LogP contribution in [0, 0.1) is 19.7 Å². The van der Waals surface area contributed by atoms with Gasteiger partial charge in [0.1, 0.15) is 5.82 Å². The van der Waals surface area contributed by atoms with Crippen LogP contribution in [-0.2, 0) is 14.8 Å². The van der Waals surface area contributed by atoms with E-state index in [-0.39, 0.29) is 10.9 Å². The number of carbonyl (C=O) groups excluding carboxylic acids is 1. The summed E-state index contributed by atoms with van der Waals surface area (Å²) < 4.78 is 40.7. The highest BCUT2D eigenvalue weighted by Gasteiger charge is 2.32. The lowest BCUT2D eigenvalue weighted by atomic mass is 10.2. The molecule has 0 radical (unpaired) electrons. The van der Waals surface area contributed by atoms with Crippen LogP contribution < -0.4 is 5.32 Å². The van der Waals surface area contributed by atoms with E-state index in [9.17, 15) is 17.6 Å². The minimum atomic E-state index is -3.58. The molecule has 1 unspecified atom stereocenters. The topological polar surface area (TPSA) is 69.7 Å². The molecule has 9 heteroatoms. The number of anilines is 1. The quantitative estimate of drug-likeness (QED) is 0.753. The van der Waals surface area contributed by atoms with Crippen LogP contribution in [0.2, 0.25) is 5.02 Å². The maximum absolute atomic E-state index is 13.2. The molecule has 3 rings (SSSR count). The average Bonchev–Trinajstić information content (AvgIpc) is 2.69. The summed E-state index contributed by atoms with van der Waals surface area (Å²) in [5.74, 6) is -0.763. The molecule has 1 N–H and O–H groups in total. The molecule has 1 saturated heterocycles. The molecule has 2 aromatic carbocycles. The van der Waals surface area contributed by atoms with Crippen molar-refractivity contribution < 1.29 is 17.6 Å². The molecule has 1 aliphatic heterocycles. The Morgan fingerprint density at radius 2 is 1.77 bits per heavy atom. The molecule has 1 aliphatic rings. The summed E-state index contributed by atoms with van der Waals surface area (Å²) in [6.45, 7) is 6.92. The number of rotatable bonds is 5. The Balaban J connectivity index is 1.63. The summed E-state index contributed by atoms with van der Waals surface area (Å²) in [6, 6.07) is 8.59. The fourth-order valence-corrected chi connectivity index (χ4v) is 5.40. The van der Waals surface area contributed by atoms with Gasteiger partial charge in [0.15, 0.2) is 0 Å². The highest BCUT2D eigenvalue weighted by Crippen LogP contribution is 2.24. The molecule has 0 bridgehead atoms. The van der Waals surface area contributed by atoms with Crippen LogP contribution in [0.25, 0.3) is 0 Å². The zero-order valence-electron chi connectivity index (χ0n) is 17.2. The van der Waals surface area contributed by atoms with Crippen LogP contribution in [0.4, 0.5) is 10.1 Å². The minimum Gasteiger partial charge on any atom is -0.323 e. The molecule has 0 saturated carbocycles. The van der Waals surface area contributed by atoms with Gasteiger partial charge in [-0.2, -0.15) is 4.31 Å². The normalized spacial score (nSPS) is 17.0. The molecular formula is C21H25ClFN3O3S. The molecule has 0 aromatic heterocycles. The SMILES string of the molecule is Cc1ccc(S(=O)(=O)N2CCN(C(C)C(=O)Nc3ccc(F)cc3Cl)CC2)c(C)c1. The van der Waals surface area contributed by atoms with Crippen molar-refractivity contribution in [1.82, 2.24) is 9.21 Å². The summed E-state index contributed by atoms with van der Waals surface area (Å²) in [5, 5.41) is 2.83. The number of nitrogens with zero attached hydrogens (tertiary/aromatic N) is 2. The number of nitrogens with one attached hydrogen (secondary N) is 1. The van der Waals surface area contributed by atoms with Gasteiger partial charge < -0.3 is 5.32 Å². The van der Waals surface area contributed by atoms with Gasteiger partial charge in [0.05, 0.1) is 21.6 Å². The first-order chi connectivity index (χ1) is 14.1. The van der Waals surface area contributed by atoms with Gasteiger partial charge in [-0.05, 0) is 50.6 Å². The van der Waals surface area contributed by atoms with Gasteiger partial charge in [-0.1, -0.05) is 29.3 Å². The number of halogens is 2. The number of amides is 1. The molecule has 162 valence electrons. The highest BCUT2D eigenvalue weighted by molar-refractivity contribution is 7.89. The van der Waals surface area contributed by atoms with Crippen molar-refractivity contribution in [3.05, 3.63) is 58.4 Å². The molecule has 1 amide bonds. The van der Waals surface area contributed by atoms with Crippen molar-refractivity contribution >= 4 is 33.2 Å². The Hall–Kier alpha value is -2.00. The number of hydrogen-bond donors (Lipinski definition) is 1. The lowest BCUT2D eigenvalue weighted by Crippen LogP contribution is -2.54. The molecule has 0 spiro atoms. The Kier molecular flexibility index (Phi) is 6.81. The van der Waals surface area contributed by atoms with E-state index in [1.54, 1.807) is 26.0 Å². The van der Waals surface area contributed by atoms with Crippen molar-refractivity contribution in [3.63, 3.8) is 0 Å². The molecular weight excluding hydrogens is 429 g/mol. The van der Waals surface area contributed by atoms with Crippen molar-refractivity contribution in [1.29, 1.82) is 0 Å². The number of benzene rings is 2. The van der Waals surface area contributed by atoms with Crippen molar-refractivity contribution in [3.8, 4) is 0 Å². The van der Waals surface area contributed by atoms with E-state index in [2.05, 4.69) is 5.32 Å². The monoisotopic (exact) mass is 453 g/mol. The van der Waals surface area contributed by atoms with Gasteiger partial charge in [0, 0.05) is 26.2 Å². The van der Waals surface area contributed by atoms with Crippen LogP contribution in [-0.4, -0.2) is 55.8 Å². The summed E-state index contributed by atoms with van der Waals surface area (Å²) in [4.78, 5) is 14.8. The molecule has 1 fully saturated rings. The lowest BCUT2D eigenvalue weighted by Gasteiger charge is -2.37. The fourth-order valence-electron chi connectivity index (χ4n) is 3.55. The molecule has 1 heterocycles. The standard InChI is InChI=1S/C21H25ClFN3O3S/c1-14-4-7-20(15(2)12-14)30(28,29)26-10-8-25(9-11-26)16(3)21(27)24-19-6-5-17(23)13-18(19)22/h4-7,12-13,16H,8-11H2,1-3H3,(H,24,27). The third-order valence-corrected chi connectivity index (χ3v) is 7.71. The van der Waals surface area contributed by atoms with Gasteiger partial charge in [-0.15, -0.1) is 0 Å². The van der Waals surface area contributed by atoms with E-state index >= 15 is 0 Å². The predicted octanol–water partition coefficient (Wildman–Crippen LogP) is 3.43.